The Labute approximate surface area is 127 Å². The van der Waals surface area contributed by atoms with E-state index >= 15 is 0 Å². The van der Waals surface area contributed by atoms with Gasteiger partial charge in [0.15, 0.2) is 0 Å². The maximum atomic E-state index is 5.99. The van der Waals surface area contributed by atoms with Crippen LogP contribution < -0.4 is 5.73 Å². The molecule has 0 spiro atoms. The first kappa shape index (κ1) is 14.8. The van der Waals surface area contributed by atoms with Crippen molar-refractivity contribution in [2.75, 3.05) is 13.6 Å². The van der Waals surface area contributed by atoms with Crippen LogP contribution in [0.1, 0.15) is 16.5 Å². The molecule has 5 heteroatoms. The van der Waals surface area contributed by atoms with Gasteiger partial charge in [-0.25, -0.2) is 0 Å². The molecule has 102 valence electrons. The van der Waals surface area contributed by atoms with Crippen molar-refractivity contribution in [2.45, 2.75) is 12.6 Å². The van der Waals surface area contributed by atoms with Gasteiger partial charge < -0.3 is 5.73 Å². The van der Waals surface area contributed by atoms with Crippen molar-refractivity contribution in [3.8, 4) is 0 Å². The van der Waals surface area contributed by atoms with Crippen LogP contribution >= 0.6 is 34.5 Å². The molecule has 0 bridgehead atoms. The van der Waals surface area contributed by atoms with E-state index in [1.165, 1.54) is 10.4 Å². The van der Waals surface area contributed by atoms with Crippen LogP contribution in [-0.2, 0) is 6.54 Å². The Hall–Kier alpha value is -0.580. The Kier molecular flexibility index (Phi) is 5.25. The smallest absolute Gasteiger partial charge is 0.0931 e. The summed E-state index contributed by atoms with van der Waals surface area (Å²) in [5.74, 6) is 0. The lowest BCUT2D eigenvalue weighted by Gasteiger charge is -2.26. The van der Waals surface area contributed by atoms with Gasteiger partial charge >= 0.3 is 0 Å². The SMILES string of the molecule is CN(Cc1ccc(Cl)cc1)C(CN)c1ccc(Cl)s1. The largest absolute Gasteiger partial charge is 0.329 e. The van der Waals surface area contributed by atoms with Gasteiger partial charge in [0.05, 0.1) is 10.4 Å². The highest BCUT2D eigenvalue weighted by molar-refractivity contribution is 7.16. The molecule has 2 aromatic rings. The summed E-state index contributed by atoms with van der Waals surface area (Å²) in [4.78, 5) is 3.43. The molecule has 0 radical (unpaired) electrons. The highest BCUT2D eigenvalue weighted by Crippen LogP contribution is 2.30. The van der Waals surface area contributed by atoms with Gasteiger partial charge in [0.2, 0.25) is 0 Å². The van der Waals surface area contributed by atoms with Crippen LogP contribution in [0.15, 0.2) is 36.4 Å². The Bertz CT molecular complexity index is 524. The van der Waals surface area contributed by atoms with Crippen LogP contribution in [0.2, 0.25) is 9.36 Å². The third-order valence-electron chi connectivity index (χ3n) is 3.02. The van der Waals surface area contributed by atoms with Gasteiger partial charge in [0, 0.05) is 23.0 Å². The molecule has 1 heterocycles. The van der Waals surface area contributed by atoms with Crippen LogP contribution in [0, 0.1) is 0 Å². The number of thiophene rings is 1. The van der Waals surface area contributed by atoms with Crippen LogP contribution in [0.25, 0.3) is 0 Å². The predicted octanol–water partition coefficient (Wildman–Crippen LogP) is 4.19. The minimum atomic E-state index is 0.188. The third kappa shape index (κ3) is 3.94. The molecule has 0 aliphatic heterocycles. The summed E-state index contributed by atoms with van der Waals surface area (Å²) in [6.07, 6.45) is 0. The second-order valence-electron chi connectivity index (χ2n) is 4.43. The number of likely N-dealkylation sites (N-methyl/N-ethyl adjacent to an activating group) is 1. The summed E-state index contributed by atoms with van der Waals surface area (Å²) >= 11 is 13.5. The molecule has 1 atom stereocenters. The number of nitrogens with zero attached hydrogens (tertiary/aromatic N) is 1. The number of halogens is 2. The zero-order chi connectivity index (χ0) is 13.8. The molecule has 0 amide bonds. The van der Waals surface area contributed by atoms with Gasteiger partial charge in [-0.15, -0.1) is 11.3 Å². The number of nitrogens with two attached hydrogens (primary N) is 1. The summed E-state index contributed by atoms with van der Waals surface area (Å²) in [5, 5.41) is 0.756. The molecule has 0 saturated carbocycles. The molecule has 2 nitrogen and oxygen atoms in total. The predicted molar refractivity (Wildman–Crippen MR) is 84.0 cm³/mol. The van der Waals surface area contributed by atoms with Gasteiger partial charge in [-0.1, -0.05) is 35.3 Å². The minimum Gasteiger partial charge on any atom is -0.329 e. The Balaban J connectivity index is 2.08. The van der Waals surface area contributed by atoms with E-state index < -0.39 is 0 Å². The summed E-state index contributed by atoms with van der Waals surface area (Å²) in [5.41, 5.74) is 7.11. The monoisotopic (exact) mass is 314 g/mol. The molecule has 2 N–H and O–H groups in total. The topological polar surface area (TPSA) is 29.3 Å². The first-order valence-corrected chi connectivity index (χ1v) is 7.57. The van der Waals surface area contributed by atoms with Gasteiger partial charge in [-0.05, 0) is 36.9 Å². The van der Waals surface area contributed by atoms with Crippen molar-refractivity contribution in [3.63, 3.8) is 0 Å². The molecule has 0 fully saturated rings. The molecule has 0 saturated heterocycles. The molecule has 1 aromatic heterocycles. The molecule has 1 unspecified atom stereocenters. The molecule has 1 aromatic carbocycles. The second-order valence-corrected chi connectivity index (χ2v) is 6.62. The maximum Gasteiger partial charge on any atom is 0.0931 e. The first-order valence-electron chi connectivity index (χ1n) is 6.00. The van der Waals surface area contributed by atoms with Crippen molar-refractivity contribution in [3.05, 3.63) is 56.2 Å². The van der Waals surface area contributed by atoms with Crippen LogP contribution in [-0.4, -0.2) is 18.5 Å². The lowest BCUT2D eigenvalue weighted by molar-refractivity contribution is 0.245. The van der Waals surface area contributed by atoms with Crippen LogP contribution in [0.5, 0.6) is 0 Å². The third-order valence-corrected chi connectivity index (χ3v) is 4.61. The average molecular weight is 315 g/mol. The Morgan fingerprint density at radius 1 is 1.16 bits per heavy atom. The van der Waals surface area contributed by atoms with E-state index in [9.17, 15) is 0 Å². The Morgan fingerprint density at radius 3 is 2.37 bits per heavy atom. The van der Waals surface area contributed by atoms with Gasteiger partial charge in [0.1, 0.15) is 0 Å². The molecular weight excluding hydrogens is 299 g/mol. The molecule has 19 heavy (non-hydrogen) atoms. The van der Waals surface area contributed by atoms with E-state index in [0.717, 1.165) is 15.9 Å². The maximum absolute atomic E-state index is 5.99. The Morgan fingerprint density at radius 2 is 1.84 bits per heavy atom. The fraction of sp³-hybridized carbons (Fsp3) is 0.286. The zero-order valence-electron chi connectivity index (χ0n) is 10.6. The van der Waals surface area contributed by atoms with Crippen LogP contribution in [0.4, 0.5) is 0 Å². The lowest BCUT2D eigenvalue weighted by Crippen LogP contribution is -2.29. The average Bonchev–Trinajstić information content (AvgIpc) is 2.80. The fourth-order valence-corrected chi connectivity index (χ4v) is 3.37. The summed E-state index contributed by atoms with van der Waals surface area (Å²) < 4.78 is 0.799. The summed E-state index contributed by atoms with van der Waals surface area (Å²) in [6.45, 7) is 1.40. The van der Waals surface area contributed by atoms with Crippen molar-refractivity contribution in [2.24, 2.45) is 5.73 Å². The van der Waals surface area contributed by atoms with E-state index in [1.807, 2.05) is 36.4 Å². The fourth-order valence-electron chi connectivity index (χ4n) is 2.01. The van der Waals surface area contributed by atoms with E-state index in [4.69, 9.17) is 28.9 Å². The van der Waals surface area contributed by atoms with E-state index in [-0.39, 0.29) is 6.04 Å². The van der Waals surface area contributed by atoms with Crippen molar-refractivity contribution >= 4 is 34.5 Å². The normalized spacial score (nSPS) is 12.9. The number of benzene rings is 1. The van der Waals surface area contributed by atoms with Crippen LogP contribution in [0.3, 0.4) is 0 Å². The van der Waals surface area contributed by atoms with E-state index in [1.54, 1.807) is 11.3 Å². The van der Waals surface area contributed by atoms with E-state index in [0.29, 0.717) is 6.54 Å². The minimum absolute atomic E-state index is 0.188. The van der Waals surface area contributed by atoms with Gasteiger partial charge in [-0.3, -0.25) is 4.90 Å². The molecule has 0 aliphatic carbocycles. The van der Waals surface area contributed by atoms with Crippen molar-refractivity contribution in [1.82, 2.24) is 4.90 Å². The van der Waals surface area contributed by atoms with Gasteiger partial charge in [0.25, 0.3) is 0 Å². The molecule has 2 rings (SSSR count). The summed E-state index contributed by atoms with van der Waals surface area (Å²) in [7, 11) is 2.07. The standard InChI is InChI=1S/C14H16Cl2N2S/c1-18(9-10-2-4-11(15)5-3-10)12(8-17)13-6-7-14(16)19-13/h2-7,12H,8-9,17H2,1H3. The quantitative estimate of drug-likeness (QED) is 0.896. The number of rotatable bonds is 5. The first-order chi connectivity index (χ1) is 9.10. The number of hydrogen-bond donors (Lipinski definition) is 1. The zero-order valence-corrected chi connectivity index (χ0v) is 13.0. The summed E-state index contributed by atoms with van der Waals surface area (Å²) in [6, 6.07) is 12.0. The highest BCUT2D eigenvalue weighted by atomic mass is 35.5. The lowest BCUT2D eigenvalue weighted by atomic mass is 10.1. The second kappa shape index (κ2) is 6.73. The van der Waals surface area contributed by atoms with Crippen molar-refractivity contribution in [1.29, 1.82) is 0 Å². The molecule has 0 aliphatic rings. The van der Waals surface area contributed by atoms with Gasteiger partial charge in [-0.2, -0.15) is 0 Å². The van der Waals surface area contributed by atoms with E-state index in [2.05, 4.69) is 11.9 Å². The number of hydrogen-bond acceptors (Lipinski definition) is 3. The van der Waals surface area contributed by atoms with Crippen molar-refractivity contribution < 1.29 is 0 Å². The highest BCUT2D eigenvalue weighted by Gasteiger charge is 2.17. The molecular formula is C14H16Cl2N2S.